The third-order valence-corrected chi connectivity index (χ3v) is 14.9. The average molecular weight is 886 g/mol. The number of fused-ring (bicyclic) bond motifs is 2. The number of nitrogens with one attached hydrogen (secondary N) is 1. The zero-order valence-corrected chi connectivity index (χ0v) is 39.3. The number of aliphatic hydroxyl groups excluding tert-OH is 1. The van der Waals surface area contributed by atoms with Crippen molar-refractivity contribution >= 4 is 5.97 Å². The Bertz CT molecular complexity index is 1750. The quantitative estimate of drug-likeness (QED) is 0.194. The number of likely N-dealkylation sites (N-methyl/N-ethyl adjacent to an activating group) is 1. The van der Waals surface area contributed by atoms with Crippen molar-refractivity contribution in [2.75, 3.05) is 27.9 Å². The number of carbonyl (C=O) groups excluding carboxylic acids is 1. The maximum atomic E-state index is 14.4. The molecule has 2 bridgehead atoms. The van der Waals surface area contributed by atoms with Crippen LogP contribution in [0.4, 0.5) is 0 Å². The highest BCUT2D eigenvalue weighted by atomic mass is 16.7. The van der Waals surface area contributed by atoms with Crippen LogP contribution in [0.5, 0.6) is 0 Å². The molecular formula is C49H75NO13. The van der Waals surface area contributed by atoms with Gasteiger partial charge >= 0.3 is 5.97 Å². The summed E-state index contributed by atoms with van der Waals surface area (Å²) in [6, 6.07) is 0.0442. The van der Waals surface area contributed by atoms with E-state index < -0.39 is 66.4 Å². The first-order valence-electron chi connectivity index (χ1n) is 23.4. The van der Waals surface area contributed by atoms with Gasteiger partial charge in [0.15, 0.2) is 18.4 Å². The molecule has 14 heteroatoms. The summed E-state index contributed by atoms with van der Waals surface area (Å²) in [5, 5.41) is 27.1. The molecule has 4 fully saturated rings. The predicted octanol–water partition coefficient (Wildman–Crippen LogP) is 5.60. The molecule has 6 aliphatic heterocycles. The molecule has 1 aliphatic carbocycles. The van der Waals surface area contributed by atoms with Gasteiger partial charge in [-0.2, -0.15) is 0 Å². The van der Waals surface area contributed by atoms with Gasteiger partial charge in [-0.25, -0.2) is 0 Å². The number of hydrogen-bond donors (Lipinski definition) is 3. The molecule has 354 valence electrons. The second-order valence-electron chi connectivity index (χ2n) is 19.3. The van der Waals surface area contributed by atoms with Crippen molar-refractivity contribution in [1.29, 1.82) is 0 Å². The van der Waals surface area contributed by atoms with Gasteiger partial charge in [-0.3, -0.25) is 4.79 Å². The first-order chi connectivity index (χ1) is 30.0. The Morgan fingerprint density at radius 1 is 0.921 bits per heavy atom. The van der Waals surface area contributed by atoms with Crippen LogP contribution in [0.3, 0.4) is 0 Å². The highest BCUT2D eigenvalue weighted by Crippen LogP contribution is 2.47. The van der Waals surface area contributed by atoms with Crippen LogP contribution >= 0.6 is 0 Å². The highest BCUT2D eigenvalue weighted by molar-refractivity contribution is 5.78. The smallest absolute Gasteiger partial charge is 0.316 e. The molecule has 7 rings (SSSR count). The van der Waals surface area contributed by atoms with E-state index in [1.165, 1.54) is 0 Å². The van der Waals surface area contributed by atoms with Crippen molar-refractivity contribution in [3.05, 3.63) is 59.3 Å². The van der Waals surface area contributed by atoms with E-state index in [2.05, 4.69) is 52.1 Å². The average Bonchev–Trinajstić information content (AvgIpc) is 3.60. The molecule has 14 nitrogen and oxygen atoms in total. The van der Waals surface area contributed by atoms with Gasteiger partial charge in [0.25, 0.3) is 0 Å². The van der Waals surface area contributed by atoms with Gasteiger partial charge in [0.1, 0.15) is 35.9 Å². The van der Waals surface area contributed by atoms with Gasteiger partial charge in [-0.1, -0.05) is 70.6 Å². The molecule has 0 radical (unpaired) electrons. The van der Waals surface area contributed by atoms with Gasteiger partial charge in [0.2, 0.25) is 0 Å². The molecule has 4 saturated heterocycles. The number of allylic oxidation sites excluding steroid dienone is 2. The number of ether oxygens (including phenoxy) is 10. The Kier molecular flexibility index (Phi) is 15.7. The van der Waals surface area contributed by atoms with Crippen LogP contribution in [0.25, 0.3) is 0 Å². The Hall–Kier alpha value is -2.31. The van der Waals surface area contributed by atoms with E-state index in [9.17, 15) is 15.0 Å². The van der Waals surface area contributed by atoms with Crippen LogP contribution in [0, 0.1) is 23.7 Å². The van der Waals surface area contributed by atoms with Gasteiger partial charge in [0, 0.05) is 51.7 Å². The van der Waals surface area contributed by atoms with E-state index in [0.29, 0.717) is 43.3 Å². The highest BCUT2D eigenvalue weighted by Gasteiger charge is 2.60. The molecule has 63 heavy (non-hydrogen) atoms. The summed E-state index contributed by atoms with van der Waals surface area (Å²) in [7, 11) is 5.30. The molecule has 0 unspecified atom stereocenters. The van der Waals surface area contributed by atoms with Crippen LogP contribution < -0.4 is 5.32 Å². The van der Waals surface area contributed by atoms with Gasteiger partial charge in [0.05, 0.1) is 55.4 Å². The lowest BCUT2D eigenvalue weighted by Gasteiger charge is -2.48. The lowest BCUT2D eigenvalue weighted by atomic mass is 9.71. The van der Waals surface area contributed by atoms with Gasteiger partial charge < -0.3 is 62.9 Å². The second kappa shape index (κ2) is 20.3. The lowest BCUT2D eigenvalue weighted by molar-refractivity contribution is -0.312. The monoisotopic (exact) mass is 886 g/mol. The van der Waals surface area contributed by atoms with Crippen LogP contribution in [0.15, 0.2) is 59.3 Å². The molecule has 0 saturated carbocycles. The minimum Gasteiger partial charge on any atom is -0.462 e. The number of carbonyl (C=O) groups is 1. The summed E-state index contributed by atoms with van der Waals surface area (Å²) in [6.07, 6.45) is 10.7. The summed E-state index contributed by atoms with van der Waals surface area (Å²) in [5.74, 6) is -2.51. The predicted molar refractivity (Wildman–Crippen MR) is 234 cm³/mol. The second-order valence-corrected chi connectivity index (χ2v) is 19.3. The van der Waals surface area contributed by atoms with Crippen molar-refractivity contribution in [2.24, 2.45) is 23.7 Å². The van der Waals surface area contributed by atoms with Crippen LogP contribution in [-0.2, 0) is 52.2 Å². The third-order valence-electron chi connectivity index (χ3n) is 14.9. The number of hydrogen-bond acceptors (Lipinski definition) is 14. The fourth-order valence-electron chi connectivity index (χ4n) is 11.0. The molecule has 0 aromatic rings. The fourth-order valence-corrected chi connectivity index (χ4v) is 11.0. The van der Waals surface area contributed by atoms with Crippen molar-refractivity contribution < 1.29 is 62.4 Å². The first kappa shape index (κ1) is 48.6. The van der Waals surface area contributed by atoms with Crippen LogP contribution in [-0.4, -0.2) is 141 Å². The van der Waals surface area contributed by atoms with E-state index in [1.807, 2.05) is 39.1 Å². The van der Waals surface area contributed by atoms with E-state index in [1.54, 1.807) is 33.3 Å². The van der Waals surface area contributed by atoms with Crippen molar-refractivity contribution in [3.63, 3.8) is 0 Å². The van der Waals surface area contributed by atoms with Crippen LogP contribution in [0.1, 0.15) is 93.9 Å². The Labute approximate surface area is 374 Å². The standard InChI is InChI=1S/C49H75NO13/c1-12-26(2)44-29(5)18-19-48(63-44)24-35-21-34(62-48)17-16-28(4)43(27(3)14-13-15-33-25-56-46-42(51)30(6)20-36(47(52)59-35)49(33,46)53)60-40-23-38(55-11)45(32(8)58-40)61-39-22-37(54-10)41(50-9)31(7)57-39/h13-16,18-20,26-27,29,31-32,34-46,50-51,53H,12,17,21-25H2,1-11H3/t26-,27+,29+,31+,32+,34-,35+,36+,37+,38+,39+,40+,41-,42-,43+,44-,45+,46-,48-,49-/m1/s1. The third kappa shape index (κ3) is 10.0. The molecule has 6 heterocycles. The minimum atomic E-state index is -1.83. The summed E-state index contributed by atoms with van der Waals surface area (Å²) in [5.41, 5.74) is 0.180. The summed E-state index contributed by atoms with van der Waals surface area (Å²) < 4.78 is 64.6. The molecule has 0 aromatic heterocycles. The molecule has 7 aliphatic rings. The Balaban J connectivity index is 1.18. The van der Waals surface area contributed by atoms with E-state index in [4.69, 9.17) is 47.4 Å². The number of rotatable bonds is 9. The molecular weight excluding hydrogens is 811 g/mol. The van der Waals surface area contributed by atoms with E-state index in [-0.39, 0.29) is 67.0 Å². The zero-order valence-electron chi connectivity index (χ0n) is 39.3. The molecule has 3 N–H and O–H groups in total. The first-order valence-corrected chi connectivity index (χ1v) is 23.4. The fraction of sp³-hybridized carbons (Fsp3) is 0.776. The minimum absolute atomic E-state index is 0.0411. The number of esters is 1. The normalized spacial score (nSPS) is 46.4. The van der Waals surface area contributed by atoms with Crippen molar-refractivity contribution in [2.45, 2.75) is 191 Å². The molecule has 20 atom stereocenters. The Morgan fingerprint density at radius 2 is 1.63 bits per heavy atom. The van der Waals surface area contributed by atoms with Gasteiger partial charge in [-0.15, -0.1) is 0 Å². The SMILES string of the molecule is CC[C@@H](C)[C@H]1O[C@]2(C=C[C@@H]1C)C[C@@H]1C[C@@H](CC=C(C)[C@@H](O[C@H]3C[C@H](OC)[C@@H](O[C@H]4C[C@H](OC)[C@H](NC)[C@H](C)O4)[C@H](C)O3)[C@@H](C)C=CC=C3CO[C@@H]4[C@H](O)C(C)=C[C@@H](C(=O)O1)[C@]34O)O2. The van der Waals surface area contributed by atoms with E-state index >= 15 is 0 Å². The van der Waals surface area contributed by atoms with Crippen molar-refractivity contribution in [1.82, 2.24) is 5.32 Å². The van der Waals surface area contributed by atoms with Crippen LogP contribution in [0.2, 0.25) is 0 Å². The maximum absolute atomic E-state index is 14.4. The lowest BCUT2D eigenvalue weighted by Crippen LogP contribution is -2.58. The van der Waals surface area contributed by atoms with Crippen molar-refractivity contribution in [3.8, 4) is 0 Å². The van der Waals surface area contributed by atoms with E-state index in [0.717, 1.165) is 12.0 Å². The number of aliphatic hydroxyl groups is 2. The molecule has 0 amide bonds. The largest absolute Gasteiger partial charge is 0.462 e. The molecule has 0 aromatic carbocycles. The number of methoxy groups -OCH3 is 2. The zero-order chi connectivity index (χ0) is 45.4. The maximum Gasteiger partial charge on any atom is 0.316 e. The summed E-state index contributed by atoms with van der Waals surface area (Å²) in [6.45, 7) is 16.4. The molecule has 1 spiro atoms. The summed E-state index contributed by atoms with van der Waals surface area (Å²) >= 11 is 0. The Morgan fingerprint density at radius 3 is 2.35 bits per heavy atom. The summed E-state index contributed by atoms with van der Waals surface area (Å²) in [4.78, 5) is 14.4. The topological polar surface area (TPSA) is 162 Å². The van der Waals surface area contributed by atoms with Gasteiger partial charge in [-0.05, 0) is 69.9 Å².